The van der Waals surface area contributed by atoms with Gasteiger partial charge in [-0.15, -0.1) is 0 Å². The lowest BCUT2D eigenvalue weighted by molar-refractivity contribution is 0.182. The van der Waals surface area contributed by atoms with Crippen LogP contribution in [0.3, 0.4) is 0 Å². The number of rotatable bonds is 3. The molecule has 1 atom stereocenters. The van der Waals surface area contributed by atoms with Gasteiger partial charge < -0.3 is 15.6 Å². The first kappa shape index (κ1) is 10.3. The summed E-state index contributed by atoms with van der Waals surface area (Å²) >= 11 is 5.85. The molecule has 0 aromatic heterocycles. The first-order valence-corrected chi connectivity index (χ1v) is 4.29. The van der Waals surface area contributed by atoms with Crippen LogP contribution in [0.4, 0.5) is 0 Å². The molecule has 1 rings (SSSR count). The van der Waals surface area contributed by atoms with Crippen molar-refractivity contribution in [1.29, 1.82) is 0 Å². The Kier molecular flexibility index (Phi) is 3.54. The van der Waals surface area contributed by atoms with Crippen LogP contribution in [0.15, 0.2) is 18.2 Å². The highest BCUT2D eigenvalue weighted by atomic mass is 35.5. The standard InChI is InChI=1S/C9H12ClNO2/c1-13-9-6(8(12)5-11)3-2-4-7(9)10/h2-4,8,12H,5,11H2,1H3/t8-/m0/s1. The van der Waals surface area contributed by atoms with Crippen LogP contribution in [0.5, 0.6) is 5.75 Å². The van der Waals surface area contributed by atoms with Crippen LogP contribution in [0.2, 0.25) is 5.02 Å². The third-order valence-corrected chi connectivity index (χ3v) is 2.08. The molecule has 13 heavy (non-hydrogen) atoms. The Hall–Kier alpha value is -0.770. The Labute approximate surface area is 82.1 Å². The Morgan fingerprint density at radius 2 is 2.31 bits per heavy atom. The van der Waals surface area contributed by atoms with E-state index in [-0.39, 0.29) is 6.54 Å². The van der Waals surface area contributed by atoms with Gasteiger partial charge in [0, 0.05) is 12.1 Å². The Morgan fingerprint density at radius 1 is 1.62 bits per heavy atom. The van der Waals surface area contributed by atoms with Gasteiger partial charge in [-0.1, -0.05) is 23.7 Å². The fourth-order valence-electron chi connectivity index (χ4n) is 1.13. The number of benzene rings is 1. The Bertz CT molecular complexity index is 291. The Morgan fingerprint density at radius 3 is 2.85 bits per heavy atom. The van der Waals surface area contributed by atoms with Crippen molar-refractivity contribution in [3.05, 3.63) is 28.8 Å². The summed E-state index contributed by atoms with van der Waals surface area (Å²) in [7, 11) is 1.51. The zero-order chi connectivity index (χ0) is 9.84. The molecule has 0 radical (unpaired) electrons. The van der Waals surface area contributed by atoms with Gasteiger partial charge in [0.15, 0.2) is 0 Å². The van der Waals surface area contributed by atoms with E-state index in [1.54, 1.807) is 18.2 Å². The van der Waals surface area contributed by atoms with Crippen molar-refractivity contribution in [3.8, 4) is 5.75 Å². The molecule has 0 aliphatic rings. The monoisotopic (exact) mass is 201 g/mol. The van der Waals surface area contributed by atoms with Crippen molar-refractivity contribution >= 4 is 11.6 Å². The summed E-state index contributed by atoms with van der Waals surface area (Å²) in [6.07, 6.45) is -0.728. The van der Waals surface area contributed by atoms with Crippen LogP contribution in [-0.4, -0.2) is 18.8 Å². The van der Waals surface area contributed by atoms with Crippen molar-refractivity contribution in [3.63, 3.8) is 0 Å². The van der Waals surface area contributed by atoms with Crippen LogP contribution in [0, 0.1) is 0 Å². The van der Waals surface area contributed by atoms with Gasteiger partial charge in [-0.05, 0) is 6.07 Å². The predicted molar refractivity (Wildman–Crippen MR) is 52.0 cm³/mol. The average Bonchev–Trinajstić information content (AvgIpc) is 2.16. The van der Waals surface area contributed by atoms with Crippen molar-refractivity contribution < 1.29 is 9.84 Å². The quantitative estimate of drug-likeness (QED) is 0.776. The molecular formula is C9H12ClNO2. The van der Waals surface area contributed by atoms with E-state index in [0.29, 0.717) is 16.3 Å². The second-order valence-electron chi connectivity index (χ2n) is 2.61. The van der Waals surface area contributed by atoms with Crippen molar-refractivity contribution in [2.45, 2.75) is 6.10 Å². The highest BCUT2D eigenvalue weighted by Gasteiger charge is 2.13. The van der Waals surface area contributed by atoms with Gasteiger partial charge in [0.05, 0.1) is 18.2 Å². The molecule has 0 aliphatic carbocycles. The summed E-state index contributed by atoms with van der Waals surface area (Å²) in [6.45, 7) is 0.150. The molecule has 72 valence electrons. The minimum absolute atomic E-state index is 0.150. The van der Waals surface area contributed by atoms with Crippen molar-refractivity contribution in [1.82, 2.24) is 0 Å². The van der Waals surface area contributed by atoms with Gasteiger partial charge in [-0.3, -0.25) is 0 Å². The number of ether oxygens (including phenoxy) is 1. The van der Waals surface area contributed by atoms with Gasteiger partial charge in [-0.2, -0.15) is 0 Å². The summed E-state index contributed by atoms with van der Waals surface area (Å²) in [4.78, 5) is 0. The molecule has 4 heteroatoms. The van der Waals surface area contributed by atoms with Gasteiger partial charge in [0.2, 0.25) is 0 Å². The van der Waals surface area contributed by atoms with Gasteiger partial charge >= 0.3 is 0 Å². The number of hydrogen-bond donors (Lipinski definition) is 2. The van der Waals surface area contributed by atoms with E-state index in [1.165, 1.54) is 7.11 Å². The molecule has 1 aromatic rings. The first-order valence-electron chi connectivity index (χ1n) is 3.91. The third kappa shape index (κ3) is 2.12. The van der Waals surface area contributed by atoms with Crippen LogP contribution in [0.1, 0.15) is 11.7 Å². The molecule has 0 spiro atoms. The highest BCUT2D eigenvalue weighted by molar-refractivity contribution is 6.32. The number of aliphatic hydroxyl groups excluding tert-OH is 1. The lowest BCUT2D eigenvalue weighted by Crippen LogP contribution is -2.12. The van der Waals surface area contributed by atoms with Gasteiger partial charge in [0.25, 0.3) is 0 Å². The zero-order valence-electron chi connectivity index (χ0n) is 7.33. The maximum Gasteiger partial charge on any atom is 0.143 e. The van der Waals surface area contributed by atoms with E-state index in [1.807, 2.05) is 0 Å². The molecular weight excluding hydrogens is 190 g/mol. The minimum atomic E-state index is -0.728. The maximum absolute atomic E-state index is 9.50. The summed E-state index contributed by atoms with van der Waals surface area (Å²) in [5.41, 5.74) is 5.95. The normalized spacial score (nSPS) is 12.6. The topological polar surface area (TPSA) is 55.5 Å². The molecule has 1 aromatic carbocycles. The van der Waals surface area contributed by atoms with Crippen LogP contribution >= 0.6 is 11.6 Å². The van der Waals surface area contributed by atoms with Crippen LogP contribution in [-0.2, 0) is 0 Å². The van der Waals surface area contributed by atoms with Crippen molar-refractivity contribution in [2.75, 3.05) is 13.7 Å². The van der Waals surface area contributed by atoms with E-state index in [2.05, 4.69) is 0 Å². The predicted octanol–water partition coefficient (Wildman–Crippen LogP) is 1.34. The summed E-state index contributed by atoms with van der Waals surface area (Å²) in [5.74, 6) is 0.488. The highest BCUT2D eigenvalue weighted by Crippen LogP contribution is 2.31. The number of hydrogen-bond acceptors (Lipinski definition) is 3. The lowest BCUT2D eigenvalue weighted by Gasteiger charge is -2.13. The molecule has 0 saturated carbocycles. The lowest BCUT2D eigenvalue weighted by atomic mass is 10.1. The van der Waals surface area contributed by atoms with E-state index in [4.69, 9.17) is 22.1 Å². The molecule has 0 unspecified atom stereocenters. The molecule has 3 N–H and O–H groups in total. The smallest absolute Gasteiger partial charge is 0.143 e. The molecule has 0 saturated heterocycles. The number of aliphatic hydroxyl groups is 1. The average molecular weight is 202 g/mol. The fourth-order valence-corrected chi connectivity index (χ4v) is 1.39. The van der Waals surface area contributed by atoms with E-state index in [0.717, 1.165) is 0 Å². The summed E-state index contributed by atoms with van der Waals surface area (Å²) in [5, 5.41) is 9.98. The maximum atomic E-state index is 9.50. The van der Waals surface area contributed by atoms with E-state index < -0.39 is 6.10 Å². The second-order valence-corrected chi connectivity index (χ2v) is 3.02. The molecule has 0 amide bonds. The molecule has 0 heterocycles. The number of halogens is 1. The van der Waals surface area contributed by atoms with Crippen LogP contribution in [0.25, 0.3) is 0 Å². The molecule has 0 fully saturated rings. The SMILES string of the molecule is COc1c(Cl)cccc1[C@@H](O)CN. The molecule has 3 nitrogen and oxygen atoms in total. The Balaban J connectivity index is 3.12. The first-order chi connectivity index (χ1) is 6.20. The second kappa shape index (κ2) is 4.46. The van der Waals surface area contributed by atoms with Gasteiger partial charge in [-0.25, -0.2) is 0 Å². The number of methoxy groups -OCH3 is 1. The van der Waals surface area contributed by atoms with Crippen molar-refractivity contribution in [2.24, 2.45) is 5.73 Å². The van der Waals surface area contributed by atoms with E-state index >= 15 is 0 Å². The fraction of sp³-hybridized carbons (Fsp3) is 0.333. The summed E-state index contributed by atoms with van der Waals surface area (Å²) in [6, 6.07) is 5.19. The number of para-hydroxylation sites is 1. The number of nitrogens with two attached hydrogens (primary N) is 1. The largest absolute Gasteiger partial charge is 0.495 e. The van der Waals surface area contributed by atoms with Gasteiger partial charge in [0.1, 0.15) is 5.75 Å². The van der Waals surface area contributed by atoms with E-state index in [9.17, 15) is 5.11 Å². The molecule has 0 aliphatic heterocycles. The summed E-state index contributed by atoms with van der Waals surface area (Å²) < 4.78 is 5.05. The minimum Gasteiger partial charge on any atom is -0.495 e. The zero-order valence-corrected chi connectivity index (χ0v) is 8.08. The molecule has 0 bridgehead atoms. The van der Waals surface area contributed by atoms with Crippen LogP contribution < -0.4 is 10.5 Å². The third-order valence-electron chi connectivity index (χ3n) is 1.78.